The van der Waals surface area contributed by atoms with Gasteiger partial charge in [0.15, 0.2) is 11.5 Å². The molecule has 0 spiro atoms. The number of fused-ring (bicyclic) bond motifs is 1. The lowest BCUT2D eigenvalue weighted by atomic mass is 10.1. The van der Waals surface area contributed by atoms with Crippen molar-refractivity contribution in [1.29, 1.82) is 0 Å². The Morgan fingerprint density at radius 3 is 2.82 bits per heavy atom. The van der Waals surface area contributed by atoms with Gasteiger partial charge in [0.25, 0.3) is 0 Å². The van der Waals surface area contributed by atoms with E-state index in [2.05, 4.69) is 0 Å². The van der Waals surface area contributed by atoms with Gasteiger partial charge < -0.3 is 19.9 Å². The first-order valence-electron chi connectivity index (χ1n) is 5.54. The van der Waals surface area contributed by atoms with Crippen LogP contribution in [0.15, 0.2) is 6.07 Å². The van der Waals surface area contributed by atoms with E-state index < -0.39 is 0 Å². The largest absolute Gasteiger partial charge is 0.495 e. The Kier molecular flexibility index (Phi) is 3.64. The lowest BCUT2D eigenvalue weighted by molar-refractivity contribution is 0.170. The molecule has 0 fully saturated rings. The lowest BCUT2D eigenvalue weighted by Crippen LogP contribution is -2.20. The van der Waals surface area contributed by atoms with Crippen molar-refractivity contribution < 1.29 is 14.2 Å². The molecular formula is C12H16ClNO3. The van der Waals surface area contributed by atoms with Gasteiger partial charge in [0.1, 0.15) is 24.0 Å². The minimum Gasteiger partial charge on any atom is -0.495 e. The summed E-state index contributed by atoms with van der Waals surface area (Å²) in [6, 6.07) is 1.92. The van der Waals surface area contributed by atoms with Gasteiger partial charge in [0, 0.05) is 11.6 Å². The molecule has 1 aliphatic rings. The fourth-order valence-corrected chi connectivity index (χ4v) is 2.24. The summed E-state index contributed by atoms with van der Waals surface area (Å²) in [5, 5.41) is 0.459. The summed E-state index contributed by atoms with van der Waals surface area (Å²) in [4.78, 5) is 0. The van der Waals surface area contributed by atoms with Crippen LogP contribution >= 0.6 is 11.6 Å². The van der Waals surface area contributed by atoms with Crippen molar-refractivity contribution in [2.24, 2.45) is 5.73 Å². The molecule has 2 rings (SSSR count). The van der Waals surface area contributed by atoms with Crippen LogP contribution in [0.1, 0.15) is 12.5 Å². The number of benzene rings is 1. The van der Waals surface area contributed by atoms with Crippen molar-refractivity contribution in [1.82, 2.24) is 0 Å². The monoisotopic (exact) mass is 257 g/mol. The Balaban J connectivity index is 2.48. The third-order valence-electron chi connectivity index (χ3n) is 2.55. The van der Waals surface area contributed by atoms with Crippen LogP contribution in [0.5, 0.6) is 17.2 Å². The average molecular weight is 258 g/mol. The number of hydrogen-bond donors (Lipinski definition) is 1. The molecule has 0 saturated heterocycles. The quantitative estimate of drug-likeness (QED) is 0.900. The molecule has 0 radical (unpaired) electrons. The zero-order valence-electron chi connectivity index (χ0n) is 9.96. The minimum absolute atomic E-state index is 0.0301. The molecule has 0 amide bonds. The number of ether oxygens (including phenoxy) is 3. The Hall–Kier alpha value is -1.13. The van der Waals surface area contributed by atoms with E-state index in [9.17, 15) is 0 Å². The number of rotatable bonds is 3. The van der Waals surface area contributed by atoms with Gasteiger partial charge in [-0.2, -0.15) is 0 Å². The molecule has 0 aromatic heterocycles. The maximum atomic E-state index is 6.24. The highest BCUT2D eigenvalue weighted by Crippen LogP contribution is 2.45. The van der Waals surface area contributed by atoms with Crippen LogP contribution < -0.4 is 19.9 Å². The Morgan fingerprint density at radius 2 is 2.18 bits per heavy atom. The summed E-state index contributed by atoms with van der Waals surface area (Å²) in [7, 11) is 1.59. The molecule has 1 unspecified atom stereocenters. The predicted octanol–water partition coefficient (Wildman–Crippen LogP) is 2.01. The van der Waals surface area contributed by atoms with E-state index >= 15 is 0 Å². The van der Waals surface area contributed by atoms with Gasteiger partial charge in [-0.05, 0) is 19.4 Å². The molecule has 1 aromatic carbocycles. The van der Waals surface area contributed by atoms with E-state index in [1.54, 1.807) is 7.11 Å². The van der Waals surface area contributed by atoms with Gasteiger partial charge in [-0.1, -0.05) is 11.6 Å². The van der Waals surface area contributed by atoms with Crippen molar-refractivity contribution >= 4 is 11.6 Å². The van der Waals surface area contributed by atoms with Gasteiger partial charge in [0.2, 0.25) is 0 Å². The van der Waals surface area contributed by atoms with Gasteiger partial charge in [-0.3, -0.25) is 0 Å². The minimum atomic E-state index is 0.0301. The third-order valence-corrected chi connectivity index (χ3v) is 2.90. The molecule has 0 bridgehead atoms. The summed E-state index contributed by atoms with van der Waals surface area (Å²) in [6.07, 6.45) is 0.680. The molecule has 2 N–H and O–H groups in total. The second kappa shape index (κ2) is 5.02. The Labute approximate surface area is 106 Å². The summed E-state index contributed by atoms with van der Waals surface area (Å²) in [5.41, 5.74) is 6.74. The first kappa shape index (κ1) is 12.3. The Morgan fingerprint density at radius 1 is 1.47 bits per heavy atom. The van der Waals surface area contributed by atoms with Gasteiger partial charge in [0.05, 0.1) is 7.11 Å². The maximum Gasteiger partial charge on any atom is 0.183 e. The van der Waals surface area contributed by atoms with E-state index in [1.165, 1.54) is 0 Å². The average Bonchev–Trinajstić information content (AvgIpc) is 2.29. The van der Waals surface area contributed by atoms with Crippen molar-refractivity contribution in [2.45, 2.75) is 19.4 Å². The van der Waals surface area contributed by atoms with E-state index in [1.807, 2.05) is 13.0 Å². The molecule has 94 valence electrons. The molecule has 4 nitrogen and oxygen atoms in total. The zero-order chi connectivity index (χ0) is 12.4. The fourth-order valence-electron chi connectivity index (χ4n) is 1.90. The highest BCUT2D eigenvalue weighted by atomic mass is 35.5. The van der Waals surface area contributed by atoms with Crippen molar-refractivity contribution in [3.63, 3.8) is 0 Å². The van der Waals surface area contributed by atoms with E-state index in [4.69, 9.17) is 31.5 Å². The second-order valence-electron chi connectivity index (χ2n) is 4.09. The maximum absolute atomic E-state index is 6.24. The normalized spacial score (nSPS) is 15.5. The van der Waals surface area contributed by atoms with E-state index in [0.29, 0.717) is 41.9 Å². The molecular weight excluding hydrogens is 242 g/mol. The molecule has 0 saturated carbocycles. The zero-order valence-corrected chi connectivity index (χ0v) is 10.7. The molecule has 1 aliphatic heterocycles. The summed E-state index contributed by atoms with van der Waals surface area (Å²) in [6.45, 7) is 2.97. The molecule has 5 heteroatoms. The SMILES string of the molecule is COc1c(CC(C)N)cc2c(c1Cl)OCCO2. The van der Waals surface area contributed by atoms with Crippen LogP contribution in [0.3, 0.4) is 0 Å². The summed E-state index contributed by atoms with van der Waals surface area (Å²) >= 11 is 6.24. The molecule has 17 heavy (non-hydrogen) atoms. The molecule has 1 heterocycles. The predicted molar refractivity (Wildman–Crippen MR) is 66.3 cm³/mol. The van der Waals surface area contributed by atoms with Crippen LogP contribution in [0.25, 0.3) is 0 Å². The lowest BCUT2D eigenvalue weighted by Gasteiger charge is -2.23. The standard InChI is InChI=1S/C12H16ClNO3/c1-7(14)5-8-6-9-12(17-4-3-16-9)10(13)11(8)15-2/h6-7H,3-5,14H2,1-2H3. The summed E-state index contributed by atoms with van der Waals surface area (Å²) < 4.78 is 16.3. The molecule has 1 aromatic rings. The Bertz CT molecular complexity index is 421. The smallest absolute Gasteiger partial charge is 0.183 e. The van der Waals surface area contributed by atoms with Crippen molar-refractivity contribution in [3.8, 4) is 17.2 Å². The number of methoxy groups -OCH3 is 1. The molecule has 0 aliphatic carbocycles. The highest BCUT2D eigenvalue weighted by molar-refractivity contribution is 6.34. The first-order valence-corrected chi connectivity index (χ1v) is 5.91. The fraction of sp³-hybridized carbons (Fsp3) is 0.500. The van der Waals surface area contributed by atoms with Gasteiger partial charge in [-0.25, -0.2) is 0 Å². The van der Waals surface area contributed by atoms with Crippen LogP contribution in [-0.4, -0.2) is 26.4 Å². The summed E-state index contributed by atoms with van der Waals surface area (Å²) in [5.74, 6) is 1.84. The number of halogens is 1. The topological polar surface area (TPSA) is 53.7 Å². The first-order chi connectivity index (χ1) is 8.13. The third kappa shape index (κ3) is 2.42. The van der Waals surface area contributed by atoms with Crippen molar-refractivity contribution in [3.05, 3.63) is 16.7 Å². The van der Waals surface area contributed by atoms with Crippen LogP contribution in [0.4, 0.5) is 0 Å². The number of nitrogens with two attached hydrogens (primary N) is 1. The molecule has 1 atom stereocenters. The van der Waals surface area contributed by atoms with Crippen LogP contribution in [0.2, 0.25) is 5.02 Å². The van der Waals surface area contributed by atoms with E-state index in [-0.39, 0.29) is 6.04 Å². The van der Waals surface area contributed by atoms with Crippen LogP contribution in [-0.2, 0) is 6.42 Å². The van der Waals surface area contributed by atoms with Crippen LogP contribution in [0, 0.1) is 0 Å². The highest BCUT2D eigenvalue weighted by Gasteiger charge is 2.22. The number of hydrogen-bond acceptors (Lipinski definition) is 4. The van der Waals surface area contributed by atoms with Gasteiger partial charge in [-0.15, -0.1) is 0 Å². The van der Waals surface area contributed by atoms with Gasteiger partial charge >= 0.3 is 0 Å². The van der Waals surface area contributed by atoms with E-state index in [0.717, 1.165) is 5.56 Å². The van der Waals surface area contributed by atoms with Crippen molar-refractivity contribution in [2.75, 3.05) is 20.3 Å². The second-order valence-corrected chi connectivity index (χ2v) is 4.47.